The fourth-order valence-electron chi connectivity index (χ4n) is 5.79. The molecular weight excluding hydrogens is 442 g/mol. The van der Waals surface area contributed by atoms with Crippen molar-refractivity contribution in [2.45, 2.75) is 13.8 Å². The zero-order valence-electron chi connectivity index (χ0n) is 19.8. The predicted molar refractivity (Wildman–Crippen MR) is 148 cm³/mol. The molecular formula is C31H21N5. The first-order valence-corrected chi connectivity index (χ1v) is 12.1. The lowest BCUT2D eigenvalue weighted by atomic mass is 9.94. The maximum atomic E-state index is 4.75. The highest BCUT2D eigenvalue weighted by Gasteiger charge is 2.14. The second-order valence-electron chi connectivity index (χ2n) is 9.61. The Bertz CT molecular complexity index is 2180. The highest BCUT2D eigenvalue weighted by atomic mass is 14.9. The van der Waals surface area contributed by atoms with E-state index in [1.807, 2.05) is 26.2 Å². The minimum absolute atomic E-state index is 0.913. The van der Waals surface area contributed by atoms with Crippen LogP contribution < -0.4 is 0 Å². The fraction of sp³-hybridized carbons (Fsp3) is 0.0645. The summed E-state index contributed by atoms with van der Waals surface area (Å²) in [5, 5.41) is 9.51. The van der Waals surface area contributed by atoms with Gasteiger partial charge in [-0.15, -0.1) is 0 Å². The Kier molecular flexibility index (Phi) is 3.74. The van der Waals surface area contributed by atoms with Gasteiger partial charge < -0.3 is 9.97 Å². The lowest BCUT2D eigenvalue weighted by molar-refractivity contribution is 1.17. The van der Waals surface area contributed by atoms with Crippen LogP contribution >= 0.6 is 0 Å². The number of H-pyrrole nitrogens is 2. The van der Waals surface area contributed by atoms with Crippen LogP contribution in [-0.4, -0.2) is 24.9 Å². The molecule has 0 spiro atoms. The second kappa shape index (κ2) is 6.89. The molecule has 0 fully saturated rings. The van der Waals surface area contributed by atoms with Crippen molar-refractivity contribution in [1.82, 2.24) is 24.9 Å². The molecule has 0 radical (unpaired) electrons. The van der Waals surface area contributed by atoms with Gasteiger partial charge in [-0.1, -0.05) is 42.5 Å². The predicted octanol–water partition coefficient (Wildman–Crippen LogP) is 7.73. The molecule has 8 aromatic rings. The molecule has 0 aliphatic rings. The standard InChI is InChI=1S/C31H21N5/c1-16-33-28-10-9-22-21-6-3-18(13-20(21)5-8-24(22)29(28)34-16)19-4-7-25-26(14-19)23-11-12-32-15-27(23)31-30(25)35-17(2)36-31/h3-15H,1-2H3,(H,33,34)(H,35,36). The van der Waals surface area contributed by atoms with Gasteiger partial charge in [0.25, 0.3) is 0 Å². The topological polar surface area (TPSA) is 70.2 Å². The van der Waals surface area contributed by atoms with Crippen LogP contribution in [0.5, 0.6) is 0 Å². The van der Waals surface area contributed by atoms with E-state index in [0.29, 0.717) is 0 Å². The Hall–Kier alpha value is -4.77. The second-order valence-corrected chi connectivity index (χ2v) is 9.61. The van der Waals surface area contributed by atoms with Gasteiger partial charge in [0.2, 0.25) is 0 Å². The third-order valence-corrected chi connectivity index (χ3v) is 7.39. The van der Waals surface area contributed by atoms with Gasteiger partial charge in [0.1, 0.15) is 11.6 Å². The maximum Gasteiger partial charge on any atom is 0.104 e. The Balaban J connectivity index is 1.36. The van der Waals surface area contributed by atoms with Gasteiger partial charge in [-0.25, -0.2) is 9.97 Å². The SMILES string of the molecule is Cc1nc2c(ccc3c4ccc(-c5ccc6c(c5)c5ccncc5c5nc(C)[nH]c65)cc4ccc32)[nH]1. The minimum atomic E-state index is 0.913. The number of nitrogens with one attached hydrogen (secondary N) is 2. The number of benzene rings is 5. The van der Waals surface area contributed by atoms with E-state index in [1.165, 1.54) is 48.8 Å². The molecule has 3 heterocycles. The van der Waals surface area contributed by atoms with Crippen molar-refractivity contribution in [3.05, 3.63) is 90.8 Å². The molecule has 0 aliphatic carbocycles. The van der Waals surface area contributed by atoms with Crippen LogP contribution in [-0.2, 0) is 0 Å². The Morgan fingerprint density at radius 3 is 2.19 bits per heavy atom. The largest absolute Gasteiger partial charge is 0.342 e. The molecule has 0 saturated carbocycles. The molecule has 170 valence electrons. The molecule has 0 amide bonds. The Morgan fingerprint density at radius 1 is 0.556 bits per heavy atom. The molecule has 8 rings (SSSR count). The van der Waals surface area contributed by atoms with Gasteiger partial charge in [0.15, 0.2) is 0 Å². The molecule has 5 nitrogen and oxygen atoms in total. The van der Waals surface area contributed by atoms with Gasteiger partial charge >= 0.3 is 0 Å². The number of hydrogen-bond donors (Lipinski definition) is 2. The zero-order valence-corrected chi connectivity index (χ0v) is 19.8. The number of nitrogens with zero attached hydrogens (tertiary/aromatic N) is 3. The van der Waals surface area contributed by atoms with Crippen LogP contribution in [0.25, 0.3) is 76.3 Å². The van der Waals surface area contributed by atoms with Crippen molar-refractivity contribution >= 4 is 65.2 Å². The number of pyridine rings is 1. The fourth-order valence-corrected chi connectivity index (χ4v) is 5.79. The monoisotopic (exact) mass is 463 g/mol. The number of hydrogen-bond acceptors (Lipinski definition) is 3. The van der Waals surface area contributed by atoms with E-state index >= 15 is 0 Å². The number of fused-ring (bicyclic) bond motifs is 11. The van der Waals surface area contributed by atoms with Crippen molar-refractivity contribution < 1.29 is 0 Å². The summed E-state index contributed by atoms with van der Waals surface area (Å²) in [7, 11) is 0. The van der Waals surface area contributed by atoms with E-state index in [-0.39, 0.29) is 0 Å². The molecule has 0 unspecified atom stereocenters. The summed E-state index contributed by atoms with van der Waals surface area (Å²) in [5.41, 5.74) is 6.55. The molecule has 0 atom stereocenters. The highest BCUT2D eigenvalue weighted by molar-refractivity contribution is 6.23. The molecule has 5 aromatic carbocycles. The summed E-state index contributed by atoms with van der Waals surface area (Å²) >= 11 is 0. The molecule has 2 N–H and O–H groups in total. The van der Waals surface area contributed by atoms with Gasteiger partial charge in [-0.05, 0) is 76.2 Å². The molecule has 36 heavy (non-hydrogen) atoms. The van der Waals surface area contributed by atoms with Gasteiger partial charge in [-0.2, -0.15) is 0 Å². The summed E-state index contributed by atoms with van der Waals surface area (Å²) in [4.78, 5) is 20.7. The number of imidazole rings is 2. The van der Waals surface area contributed by atoms with Crippen molar-refractivity contribution in [3.8, 4) is 11.1 Å². The highest BCUT2D eigenvalue weighted by Crippen LogP contribution is 2.37. The van der Waals surface area contributed by atoms with Crippen LogP contribution in [0, 0.1) is 13.8 Å². The van der Waals surface area contributed by atoms with E-state index < -0.39 is 0 Å². The summed E-state index contributed by atoms with van der Waals surface area (Å²) in [6.45, 7) is 4.00. The minimum Gasteiger partial charge on any atom is -0.342 e. The van der Waals surface area contributed by atoms with Crippen LogP contribution in [0.4, 0.5) is 0 Å². The number of aromatic nitrogens is 5. The third kappa shape index (κ3) is 2.62. The average molecular weight is 464 g/mol. The van der Waals surface area contributed by atoms with Crippen LogP contribution in [0.2, 0.25) is 0 Å². The lowest BCUT2D eigenvalue weighted by Crippen LogP contribution is -1.86. The average Bonchev–Trinajstić information content (AvgIpc) is 3.49. The molecule has 0 bridgehead atoms. The summed E-state index contributed by atoms with van der Waals surface area (Å²) < 4.78 is 0. The number of aryl methyl sites for hydroxylation is 2. The van der Waals surface area contributed by atoms with Crippen molar-refractivity contribution in [1.29, 1.82) is 0 Å². The van der Waals surface area contributed by atoms with Crippen LogP contribution in [0.1, 0.15) is 11.6 Å². The Morgan fingerprint density at radius 2 is 1.28 bits per heavy atom. The third-order valence-electron chi connectivity index (χ3n) is 7.39. The molecule has 3 aromatic heterocycles. The molecule has 0 aliphatic heterocycles. The van der Waals surface area contributed by atoms with Crippen LogP contribution in [0.3, 0.4) is 0 Å². The van der Waals surface area contributed by atoms with E-state index in [2.05, 4.69) is 81.7 Å². The first-order chi connectivity index (χ1) is 17.6. The first kappa shape index (κ1) is 19.5. The molecule has 5 heteroatoms. The smallest absolute Gasteiger partial charge is 0.104 e. The number of aromatic amines is 2. The van der Waals surface area contributed by atoms with Crippen molar-refractivity contribution in [2.24, 2.45) is 0 Å². The van der Waals surface area contributed by atoms with Crippen LogP contribution in [0.15, 0.2) is 79.1 Å². The zero-order chi connectivity index (χ0) is 24.0. The van der Waals surface area contributed by atoms with E-state index in [4.69, 9.17) is 9.97 Å². The molecule has 0 saturated heterocycles. The Labute approximate surface area is 205 Å². The van der Waals surface area contributed by atoms with Gasteiger partial charge in [-0.3, -0.25) is 4.98 Å². The quantitative estimate of drug-likeness (QED) is 0.245. The summed E-state index contributed by atoms with van der Waals surface area (Å²) in [5.74, 6) is 1.85. The van der Waals surface area contributed by atoms with Crippen molar-refractivity contribution in [2.75, 3.05) is 0 Å². The maximum absolute atomic E-state index is 4.75. The summed E-state index contributed by atoms with van der Waals surface area (Å²) in [6.07, 6.45) is 3.78. The lowest BCUT2D eigenvalue weighted by Gasteiger charge is -2.10. The van der Waals surface area contributed by atoms with Gasteiger partial charge in [0.05, 0.1) is 22.1 Å². The number of rotatable bonds is 1. The first-order valence-electron chi connectivity index (χ1n) is 12.1. The summed E-state index contributed by atoms with van der Waals surface area (Å²) in [6, 6.07) is 24.3. The normalized spacial score (nSPS) is 12.2. The van der Waals surface area contributed by atoms with E-state index in [9.17, 15) is 0 Å². The van der Waals surface area contributed by atoms with E-state index in [0.717, 1.165) is 39.1 Å². The van der Waals surface area contributed by atoms with Crippen molar-refractivity contribution in [3.63, 3.8) is 0 Å². The van der Waals surface area contributed by atoms with Gasteiger partial charge in [0, 0.05) is 28.6 Å². The van der Waals surface area contributed by atoms with E-state index in [1.54, 1.807) is 0 Å².